The molecule has 110 valence electrons. The highest BCUT2D eigenvalue weighted by atomic mass is 35.5. The van der Waals surface area contributed by atoms with Crippen molar-refractivity contribution in [3.63, 3.8) is 0 Å². The van der Waals surface area contributed by atoms with Crippen molar-refractivity contribution in [2.75, 3.05) is 7.11 Å². The van der Waals surface area contributed by atoms with Gasteiger partial charge in [0.05, 0.1) is 12.7 Å². The van der Waals surface area contributed by atoms with Gasteiger partial charge < -0.3 is 14.6 Å². The second kappa shape index (κ2) is 6.50. The number of carboxylic acid groups (broad SMARTS) is 1. The van der Waals surface area contributed by atoms with Crippen LogP contribution >= 0.6 is 11.6 Å². The minimum absolute atomic E-state index is 0.146. The van der Waals surface area contributed by atoms with Gasteiger partial charge in [-0.25, -0.2) is 4.79 Å². The summed E-state index contributed by atoms with van der Waals surface area (Å²) in [5.74, 6) is -0.168. The molecule has 2 aromatic rings. The van der Waals surface area contributed by atoms with Crippen molar-refractivity contribution in [2.45, 2.75) is 13.5 Å². The first-order chi connectivity index (χ1) is 10.0. The van der Waals surface area contributed by atoms with Gasteiger partial charge in [0.15, 0.2) is 11.5 Å². The van der Waals surface area contributed by atoms with E-state index in [9.17, 15) is 4.79 Å². The SMILES string of the molecule is COc1cc(C(=O)O)ccc1OCc1ccc(C)cc1Cl. The van der Waals surface area contributed by atoms with Crippen molar-refractivity contribution in [2.24, 2.45) is 0 Å². The monoisotopic (exact) mass is 306 g/mol. The lowest BCUT2D eigenvalue weighted by atomic mass is 10.1. The molecule has 0 spiro atoms. The van der Waals surface area contributed by atoms with Gasteiger partial charge in [0, 0.05) is 10.6 Å². The molecule has 0 aromatic heterocycles. The second-order valence-corrected chi connectivity index (χ2v) is 4.96. The van der Waals surface area contributed by atoms with Crippen LogP contribution in [0.4, 0.5) is 0 Å². The van der Waals surface area contributed by atoms with Gasteiger partial charge in [-0.15, -0.1) is 0 Å². The highest BCUT2D eigenvalue weighted by Gasteiger charge is 2.11. The Labute approximate surface area is 127 Å². The van der Waals surface area contributed by atoms with E-state index in [2.05, 4.69) is 0 Å². The maximum atomic E-state index is 10.9. The number of halogens is 1. The summed E-state index contributed by atoms with van der Waals surface area (Å²) in [4.78, 5) is 10.9. The molecule has 0 saturated carbocycles. The molecule has 4 nitrogen and oxygen atoms in total. The van der Waals surface area contributed by atoms with Gasteiger partial charge in [-0.05, 0) is 36.8 Å². The lowest BCUT2D eigenvalue weighted by Gasteiger charge is -2.12. The van der Waals surface area contributed by atoms with Gasteiger partial charge in [-0.1, -0.05) is 23.7 Å². The Morgan fingerprint density at radius 3 is 2.57 bits per heavy atom. The summed E-state index contributed by atoms with van der Waals surface area (Å²) < 4.78 is 10.8. The van der Waals surface area contributed by atoms with Crippen molar-refractivity contribution < 1.29 is 19.4 Å². The highest BCUT2D eigenvalue weighted by molar-refractivity contribution is 6.31. The third-order valence-electron chi connectivity index (χ3n) is 3.00. The maximum absolute atomic E-state index is 10.9. The van der Waals surface area contributed by atoms with Crippen molar-refractivity contribution in [3.8, 4) is 11.5 Å². The van der Waals surface area contributed by atoms with Crippen LogP contribution in [0.25, 0.3) is 0 Å². The fraction of sp³-hybridized carbons (Fsp3) is 0.188. The van der Waals surface area contributed by atoms with Gasteiger partial charge >= 0.3 is 5.97 Å². The number of carboxylic acids is 1. The van der Waals surface area contributed by atoms with Crippen LogP contribution in [0.3, 0.4) is 0 Å². The predicted molar refractivity (Wildman–Crippen MR) is 80.5 cm³/mol. The summed E-state index contributed by atoms with van der Waals surface area (Å²) in [7, 11) is 1.46. The maximum Gasteiger partial charge on any atom is 0.335 e. The lowest BCUT2D eigenvalue weighted by Crippen LogP contribution is -2.01. The van der Waals surface area contributed by atoms with Crippen molar-refractivity contribution >= 4 is 17.6 Å². The first kappa shape index (κ1) is 15.2. The van der Waals surface area contributed by atoms with Crippen LogP contribution in [-0.2, 0) is 6.61 Å². The normalized spacial score (nSPS) is 10.2. The van der Waals surface area contributed by atoms with Gasteiger partial charge in [0.25, 0.3) is 0 Å². The summed E-state index contributed by atoms with van der Waals surface area (Å²) >= 11 is 6.15. The van der Waals surface area contributed by atoms with Crippen LogP contribution in [0.5, 0.6) is 11.5 Å². The predicted octanol–water partition coefficient (Wildman–Crippen LogP) is 3.93. The Hall–Kier alpha value is -2.20. The summed E-state index contributed by atoms with van der Waals surface area (Å²) in [6.45, 7) is 2.24. The molecular formula is C16H15ClO4. The number of aryl methyl sites for hydroxylation is 1. The van der Waals surface area contributed by atoms with Crippen LogP contribution < -0.4 is 9.47 Å². The lowest BCUT2D eigenvalue weighted by molar-refractivity contribution is 0.0696. The van der Waals surface area contributed by atoms with Crippen LogP contribution in [0, 0.1) is 6.92 Å². The molecule has 0 aliphatic heterocycles. The molecule has 2 aromatic carbocycles. The number of carbonyl (C=O) groups is 1. The molecule has 1 N–H and O–H groups in total. The molecule has 0 amide bonds. The topological polar surface area (TPSA) is 55.8 Å². The zero-order valence-corrected chi connectivity index (χ0v) is 12.5. The Morgan fingerprint density at radius 1 is 1.19 bits per heavy atom. The van der Waals surface area contributed by atoms with Gasteiger partial charge in [0.2, 0.25) is 0 Å². The zero-order valence-electron chi connectivity index (χ0n) is 11.7. The zero-order chi connectivity index (χ0) is 15.4. The number of hydrogen-bond acceptors (Lipinski definition) is 3. The summed E-state index contributed by atoms with van der Waals surface area (Å²) in [6, 6.07) is 10.2. The van der Waals surface area contributed by atoms with Crippen LogP contribution in [0.2, 0.25) is 5.02 Å². The molecule has 2 rings (SSSR count). The number of aromatic carboxylic acids is 1. The molecular weight excluding hydrogens is 292 g/mol. The average molecular weight is 307 g/mol. The van der Waals surface area contributed by atoms with Crippen LogP contribution in [0.1, 0.15) is 21.5 Å². The van der Waals surface area contributed by atoms with Crippen molar-refractivity contribution in [1.29, 1.82) is 0 Å². The molecule has 0 aliphatic rings. The average Bonchev–Trinajstić information content (AvgIpc) is 2.46. The third kappa shape index (κ3) is 3.67. The number of rotatable bonds is 5. The van der Waals surface area contributed by atoms with E-state index in [0.29, 0.717) is 16.5 Å². The van der Waals surface area contributed by atoms with Crippen LogP contribution in [0.15, 0.2) is 36.4 Å². The fourth-order valence-corrected chi connectivity index (χ4v) is 2.13. The van der Waals surface area contributed by atoms with Crippen molar-refractivity contribution in [1.82, 2.24) is 0 Å². The number of ether oxygens (including phenoxy) is 2. The van der Waals surface area contributed by atoms with Gasteiger partial charge in [-0.2, -0.15) is 0 Å². The molecule has 0 radical (unpaired) electrons. The van der Waals surface area contributed by atoms with Gasteiger partial charge in [0.1, 0.15) is 6.61 Å². The molecule has 0 fully saturated rings. The van der Waals surface area contributed by atoms with Crippen molar-refractivity contribution in [3.05, 3.63) is 58.1 Å². The molecule has 21 heavy (non-hydrogen) atoms. The Balaban J connectivity index is 2.17. The summed E-state index contributed by atoms with van der Waals surface area (Å²) in [5, 5.41) is 9.59. The first-order valence-electron chi connectivity index (χ1n) is 6.30. The molecule has 5 heteroatoms. The molecule has 0 unspecified atom stereocenters. The van der Waals surface area contributed by atoms with E-state index in [-0.39, 0.29) is 12.2 Å². The Bertz CT molecular complexity index is 667. The standard InChI is InChI=1S/C16H15ClO4/c1-10-3-4-12(13(17)7-10)9-21-14-6-5-11(16(18)19)8-15(14)20-2/h3-8H,9H2,1-2H3,(H,18,19). The molecule has 0 saturated heterocycles. The quantitative estimate of drug-likeness (QED) is 0.909. The summed E-state index contributed by atoms with van der Waals surface area (Å²) in [5.41, 5.74) is 2.08. The van der Waals surface area contributed by atoms with E-state index in [1.54, 1.807) is 6.07 Å². The highest BCUT2D eigenvalue weighted by Crippen LogP contribution is 2.29. The Morgan fingerprint density at radius 2 is 1.95 bits per heavy atom. The van der Waals surface area contributed by atoms with E-state index in [4.69, 9.17) is 26.2 Å². The van der Waals surface area contributed by atoms with E-state index >= 15 is 0 Å². The van der Waals surface area contributed by atoms with E-state index < -0.39 is 5.97 Å². The molecule has 0 aliphatic carbocycles. The summed E-state index contributed by atoms with van der Waals surface area (Å²) in [6.07, 6.45) is 0. The smallest absolute Gasteiger partial charge is 0.335 e. The van der Waals surface area contributed by atoms with E-state index in [1.165, 1.54) is 19.2 Å². The minimum Gasteiger partial charge on any atom is -0.493 e. The van der Waals surface area contributed by atoms with E-state index in [0.717, 1.165) is 11.1 Å². The number of methoxy groups -OCH3 is 1. The molecule has 0 bridgehead atoms. The molecule has 0 atom stereocenters. The second-order valence-electron chi connectivity index (χ2n) is 4.55. The fourth-order valence-electron chi connectivity index (χ4n) is 1.84. The largest absolute Gasteiger partial charge is 0.493 e. The first-order valence-corrected chi connectivity index (χ1v) is 6.68. The number of hydrogen-bond donors (Lipinski definition) is 1. The third-order valence-corrected chi connectivity index (χ3v) is 3.35. The van der Waals surface area contributed by atoms with E-state index in [1.807, 2.05) is 25.1 Å². The Kier molecular flexibility index (Phi) is 4.70. The molecule has 0 heterocycles. The minimum atomic E-state index is -1.01. The number of benzene rings is 2. The van der Waals surface area contributed by atoms with Crippen LogP contribution in [-0.4, -0.2) is 18.2 Å². The van der Waals surface area contributed by atoms with Gasteiger partial charge in [-0.3, -0.25) is 0 Å².